The quantitative estimate of drug-likeness (QED) is 0.452. The molecule has 0 rings (SSSR count). The van der Waals surface area contributed by atoms with Gasteiger partial charge in [0.05, 0.1) is 0 Å². The summed E-state index contributed by atoms with van der Waals surface area (Å²) < 4.78 is 0. The number of rotatable bonds is 3. The van der Waals surface area contributed by atoms with Gasteiger partial charge in [0.1, 0.15) is 16.3 Å². The standard InChI is InChI=1S/C5H11.Al.2ClH/c1-3-5-4-2;;;/h1,3-5H2,2H3;;2*1H. The summed E-state index contributed by atoms with van der Waals surface area (Å²) in [5.74, 6) is 0. The van der Waals surface area contributed by atoms with E-state index in [1.807, 2.05) is 0 Å². The number of hydrogen-bond acceptors (Lipinski definition) is 0. The lowest BCUT2D eigenvalue weighted by Gasteiger charge is -1.86. The van der Waals surface area contributed by atoms with E-state index in [2.05, 4.69) is 23.2 Å². The van der Waals surface area contributed by atoms with Gasteiger partial charge in [-0.2, -0.15) is 0 Å². The first-order valence-corrected chi connectivity index (χ1v) is 3.43. The van der Waals surface area contributed by atoms with Crippen LogP contribution in [-0.2, 0) is 0 Å². The van der Waals surface area contributed by atoms with Gasteiger partial charge in [0.25, 0.3) is 0 Å². The average molecular weight is 171 g/mol. The minimum absolute atomic E-state index is 0. The van der Waals surface area contributed by atoms with E-state index in [0.717, 1.165) is 0 Å². The molecular formula is C5H13AlCl2. The molecule has 0 atom stereocenters. The predicted molar refractivity (Wildman–Crippen MR) is 44.6 cm³/mol. The Morgan fingerprint density at radius 3 is 1.75 bits per heavy atom. The van der Waals surface area contributed by atoms with Crippen LogP contribution in [0.25, 0.3) is 0 Å². The second-order valence-corrected chi connectivity index (χ2v) is 2.07. The summed E-state index contributed by atoms with van der Waals surface area (Å²) >= 11 is 2.73. The molecule has 0 N–H and O–H groups in total. The minimum atomic E-state index is 0. The second kappa shape index (κ2) is 15.7. The second-order valence-electron chi connectivity index (χ2n) is 1.50. The molecule has 0 spiro atoms. The third-order valence-electron chi connectivity index (χ3n) is 0.808. The molecule has 0 unspecified atom stereocenters. The first-order valence-electron chi connectivity index (χ1n) is 2.62. The minimum Gasteiger partial charge on any atom is -0.147 e. The van der Waals surface area contributed by atoms with Gasteiger partial charge in [0.2, 0.25) is 0 Å². The lowest BCUT2D eigenvalue weighted by molar-refractivity contribution is 0.771. The van der Waals surface area contributed by atoms with Crippen LogP contribution in [0.15, 0.2) is 0 Å². The van der Waals surface area contributed by atoms with E-state index in [-0.39, 0.29) is 24.8 Å². The number of hydrogen-bond donors (Lipinski definition) is 0. The van der Waals surface area contributed by atoms with Crippen molar-refractivity contribution in [2.75, 3.05) is 0 Å². The van der Waals surface area contributed by atoms with Gasteiger partial charge in [0, 0.05) is 0 Å². The third-order valence-corrected chi connectivity index (χ3v) is 1.22. The highest BCUT2D eigenvalue weighted by Gasteiger charge is 1.75. The smallest absolute Gasteiger partial charge is 0.118 e. The molecule has 0 aromatic carbocycles. The SMILES string of the molecule is CCCC[CH2][Al].Cl.Cl. The van der Waals surface area contributed by atoms with Crippen LogP contribution in [0, 0.1) is 0 Å². The molecule has 50 valence electrons. The van der Waals surface area contributed by atoms with Crippen LogP contribution in [0.4, 0.5) is 0 Å². The summed E-state index contributed by atoms with van der Waals surface area (Å²) in [6.07, 6.45) is 4.11. The predicted octanol–water partition coefficient (Wildman–Crippen LogP) is 2.61. The Bertz CT molecular complexity index is 22.4. The van der Waals surface area contributed by atoms with Crippen LogP contribution in [0.3, 0.4) is 0 Å². The van der Waals surface area contributed by atoms with Gasteiger partial charge in [-0.25, -0.2) is 0 Å². The van der Waals surface area contributed by atoms with E-state index < -0.39 is 0 Å². The lowest BCUT2D eigenvalue weighted by Crippen LogP contribution is -1.69. The zero-order valence-corrected chi connectivity index (χ0v) is 8.01. The largest absolute Gasteiger partial charge is 0.147 e. The molecule has 2 radical (unpaired) electrons. The van der Waals surface area contributed by atoms with Gasteiger partial charge in [-0.05, 0) is 0 Å². The first kappa shape index (κ1) is 16.1. The molecule has 0 aliphatic rings. The Morgan fingerprint density at radius 2 is 1.62 bits per heavy atom. The van der Waals surface area contributed by atoms with E-state index in [1.165, 1.54) is 24.5 Å². The van der Waals surface area contributed by atoms with Crippen molar-refractivity contribution in [3.8, 4) is 0 Å². The molecule has 0 saturated heterocycles. The highest BCUT2D eigenvalue weighted by Crippen LogP contribution is 1.94. The lowest BCUT2D eigenvalue weighted by atomic mass is 10.3. The normalized spacial score (nSPS) is 6.62. The Hall–Kier alpha value is 1.11. The zero-order chi connectivity index (χ0) is 4.83. The molecule has 0 aromatic rings. The Balaban J connectivity index is -0.000000125. The van der Waals surface area contributed by atoms with Crippen molar-refractivity contribution in [3.05, 3.63) is 0 Å². The molecule has 0 aliphatic heterocycles. The van der Waals surface area contributed by atoms with Crippen molar-refractivity contribution >= 4 is 41.1 Å². The molecule has 0 aliphatic carbocycles. The maximum atomic E-state index is 2.73. The summed E-state index contributed by atoms with van der Waals surface area (Å²) in [7, 11) is 0. The van der Waals surface area contributed by atoms with Gasteiger partial charge in [-0.15, -0.1) is 30.1 Å². The Kier molecular flexibility index (Phi) is 31.5. The Labute approximate surface area is 72.7 Å². The highest BCUT2D eigenvalue weighted by molar-refractivity contribution is 6.08. The van der Waals surface area contributed by atoms with E-state index in [0.29, 0.717) is 0 Å². The molecule has 0 amide bonds. The van der Waals surface area contributed by atoms with Gasteiger partial charge in [0.15, 0.2) is 0 Å². The van der Waals surface area contributed by atoms with Gasteiger partial charge < -0.3 is 0 Å². The van der Waals surface area contributed by atoms with E-state index in [1.54, 1.807) is 0 Å². The summed E-state index contributed by atoms with van der Waals surface area (Å²) in [5, 5.41) is 1.27. The third kappa shape index (κ3) is 15.7. The maximum absolute atomic E-state index is 2.73. The molecule has 0 nitrogen and oxygen atoms in total. The molecule has 0 saturated carbocycles. The fraction of sp³-hybridized carbons (Fsp3) is 1.00. The molecule has 0 aromatic heterocycles. The Morgan fingerprint density at radius 1 is 1.12 bits per heavy atom. The molecule has 8 heavy (non-hydrogen) atoms. The molecule has 3 heteroatoms. The molecule has 0 bridgehead atoms. The zero-order valence-electron chi connectivity index (χ0n) is 5.22. The highest BCUT2D eigenvalue weighted by atomic mass is 35.5. The van der Waals surface area contributed by atoms with Crippen LogP contribution >= 0.6 is 24.8 Å². The fourth-order valence-corrected chi connectivity index (χ4v) is 0.683. The van der Waals surface area contributed by atoms with Crippen LogP contribution in [-0.4, -0.2) is 16.3 Å². The van der Waals surface area contributed by atoms with E-state index >= 15 is 0 Å². The van der Waals surface area contributed by atoms with Crippen molar-refractivity contribution in [3.63, 3.8) is 0 Å². The average Bonchev–Trinajstić information content (AvgIpc) is 1.61. The molecular weight excluding hydrogens is 158 g/mol. The summed E-state index contributed by atoms with van der Waals surface area (Å²) in [6.45, 7) is 2.22. The van der Waals surface area contributed by atoms with E-state index in [9.17, 15) is 0 Å². The maximum Gasteiger partial charge on any atom is 0.118 e. The fourth-order valence-electron chi connectivity index (χ4n) is 0.394. The number of halogens is 2. The first-order chi connectivity index (χ1) is 2.91. The van der Waals surface area contributed by atoms with Crippen LogP contribution in [0.2, 0.25) is 5.28 Å². The van der Waals surface area contributed by atoms with Crippen molar-refractivity contribution in [1.29, 1.82) is 0 Å². The van der Waals surface area contributed by atoms with Crippen molar-refractivity contribution in [2.24, 2.45) is 0 Å². The summed E-state index contributed by atoms with van der Waals surface area (Å²) in [4.78, 5) is 0. The van der Waals surface area contributed by atoms with Crippen LogP contribution in [0.1, 0.15) is 26.2 Å². The van der Waals surface area contributed by atoms with Crippen molar-refractivity contribution < 1.29 is 0 Å². The van der Waals surface area contributed by atoms with E-state index in [4.69, 9.17) is 0 Å². The topological polar surface area (TPSA) is 0 Å². The van der Waals surface area contributed by atoms with Gasteiger partial charge in [-0.1, -0.05) is 26.2 Å². The number of unbranched alkanes of at least 4 members (excludes halogenated alkanes) is 2. The van der Waals surface area contributed by atoms with Crippen LogP contribution in [0.5, 0.6) is 0 Å². The van der Waals surface area contributed by atoms with Crippen molar-refractivity contribution in [2.45, 2.75) is 31.5 Å². The van der Waals surface area contributed by atoms with Gasteiger partial charge in [-0.3, -0.25) is 0 Å². The summed E-state index contributed by atoms with van der Waals surface area (Å²) in [5.41, 5.74) is 0. The monoisotopic (exact) mass is 170 g/mol. The molecule has 0 heterocycles. The van der Waals surface area contributed by atoms with Crippen LogP contribution < -0.4 is 0 Å². The summed E-state index contributed by atoms with van der Waals surface area (Å²) in [6, 6.07) is 0. The van der Waals surface area contributed by atoms with Gasteiger partial charge >= 0.3 is 0 Å². The molecule has 0 fully saturated rings. The van der Waals surface area contributed by atoms with Crippen molar-refractivity contribution in [1.82, 2.24) is 0 Å².